The highest BCUT2D eigenvalue weighted by atomic mass is 16.5. The number of ether oxygens (including phenoxy) is 3. The van der Waals surface area contributed by atoms with E-state index in [0.29, 0.717) is 48.1 Å². The van der Waals surface area contributed by atoms with Crippen LogP contribution in [0.25, 0.3) is 5.76 Å². The van der Waals surface area contributed by atoms with Gasteiger partial charge in [-0.1, -0.05) is 19.9 Å². The topological polar surface area (TPSA) is 88.5 Å². The lowest BCUT2D eigenvalue weighted by Gasteiger charge is -2.28. The van der Waals surface area contributed by atoms with Gasteiger partial charge < -0.3 is 29.1 Å². The largest absolute Gasteiger partial charge is 0.507 e. The summed E-state index contributed by atoms with van der Waals surface area (Å²) in [7, 11) is 3.07. The maximum atomic E-state index is 13.3. The smallest absolute Gasteiger partial charge is 0.295 e. The second kappa shape index (κ2) is 11.9. The Balaban J connectivity index is 2.15. The molecule has 0 spiro atoms. The van der Waals surface area contributed by atoms with Crippen LogP contribution in [0.3, 0.4) is 0 Å². The molecule has 1 aliphatic heterocycles. The molecule has 194 valence electrons. The molecule has 0 aromatic heterocycles. The van der Waals surface area contributed by atoms with Crippen molar-refractivity contribution in [1.29, 1.82) is 0 Å². The molecule has 0 saturated carbocycles. The molecule has 1 amide bonds. The maximum Gasteiger partial charge on any atom is 0.295 e. The van der Waals surface area contributed by atoms with E-state index in [0.717, 1.165) is 18.7 Å². The molecule has 2 aromatic rings. The zero-order valence-corrected chi connectivity index (χ0v) is 22.0. The number of hydrogen-bond donors (Lipinski definition) is 1. The second-order valence-electron chi connectivity index (χ2n) is 8.55. The predicted octanol–water partition coefficient (Wildman–Crippen LogP) is 4.17. The first kappa shape index (κ1) is 27.1. The van der Waals surface area contributed by atoms with Gasteiger partial charge in [0.15, 0.2) is 11.5 Å². The van der Waals surface area contributed by atoms with E-state index in [-0.39, 0.29) is 11.3 Å². The van der Waals surface area contributed by atoms with Gasteiger partial charge in [0.1, 0.15) is 11.5 Å². The molecule has 1 aliphatic rings. The summed E-state index contributed by atoms with van der Waals surface area (Å²) in [5.41, 5.74) is 1.97. The number of methoxy groups -OCH3 is 2. The second-order valence-corrected chi connectivity index (χ2v) is 8.55. The summed E-state index contributed by atoms with van der Waals surface area (Å²) >= 11 is 0. The van der Waals surface area contributed by atoms with Gasteiger partial charge in [0.2, 0.25) is 0 Å². The Hall–Kier alpha value is -3.52. The summed E-state index contributed by atoms with van der Waals surface area (Å²) in [5, 5.41) is 11.4. The van der Waals surface area contributed by atoms with Crippen LogP contribution in [-0.2, 0) is 9.59 Å². The van der Waals surface area contributed by atoms with E-state index < -0.39 is 17.7 Å². The Morgan fingerprint density at radius 3 is 2.22 bits per heavy atom. The van der Waals surface area contributed by atoms with Crippen molar-refractivity contribution in [2.24, 2.45) is 0 Å². The van der Waals surface area contributed by atoms with Crippen molar-refractivity contribution in [2.45, 2.75) is 33.7 Å². The van der Waals surface area contributed by atoms with E-state index in [1.807, 2.05) is 13.8 Å². The molecule has 0 radical (unpaired) electrons. The third kappa shape index (κ3) is 5.33. The van der Waals surface area contributed by atoms with Gasteiger partial charge in [0.25, 0.3) is 11.7 Å². The van der Waals surface area contributed by atoms with E-state index in [9.17, 15) is 14.7 Å². The van der Waals surface area contributed by atoms with Crippen LogP contribution in [0.15, 0.2) is 42.0 Å². The highest BCUT2D eigenvalue weighted by molar-refractivity contribution is 6.46. The molecule has 0 bridgehead atoms. The van der Waals surface area contributed by atoms with E-state index in [2.05, 4.69) is 18.7 Å². The number of aliphatic hydroxyl groups is 1. The number of carbonyl (C=O) groups excluding carboxylic acids is 2. The third-order valence-corrected chi connectivity index (χ3v) is 6.56. The van der Waals surface area contributed by atoms with Gasteiger partial charge >= 0.3 is 0 Å². The number of hydrogen-bond acceptors (Lipinski definition) is 7. The Labute approximate surface area is 213 Å². The fourth-order valence-electron chi connectivity index (χ4n) is 4.54. The average Bonchev–Trinajstić information content (AvgIpc) is 3.14. The fourth-order valence-corrected chi connectivity index (χ4v) is 4.54. The van der Waals surface area contributed by atoms with Crippen LogP contribution in [0.5, 0.6) is 17.2 Å². The summed E-state index contributed by atoms with van der Waals surface area (Å²) < 4.78 is 16.5. The molecule has 1 heterocycles. The molecule has 8 heteroatoms. The van der Waals surface area contributed by atoms with E-state index >= 15 is 0 Å². The van der Waals surface area contributed by atoms with Gasteiger partial charge in [-0.25, -0.2) is 0 Å². The summed E-state index contributed by atoms with van der Waals surface area (Å²) in [4.78, 5) is 30.3. The van der Waals surface area contributed by atoms with E-state index in [1.165, 1.54) is 12.0 Å². The van der Waals surface area contributed by atoms with Gasteiger partial charge in [0.05, 0.1) is 32.4 Å². The Bertz CT molecular complexity index is 1140. The van der Waals surface area contributed by atoms with Crippen molar-refractivity contribution in [1.82, 2.24) is 9.80 Å². The fraction of sp³-hybridized carbons (Fsp3) is 0.429. The summed E-state index contributed by atoms with van der Waals surface area (Å²) in [6.45, 7) is 11.0. The molecule has 1 N–H and O–H groups in total. The minimum absolute atomic E-state index is 0.0512. The Kier molecular flexibility index (Phi) is 8.98. The van der Waals surface area contributed by atoms with Crippen molar-refractivity contribution < 1.29 is 28.9 Å². The first-order valence-corrected chi connectivity index (χ1v) is 12.3. The number of aryl methyl sites for hydroxylation is 1. The summed E-state index contributed by atoms with van der Waals surface area (Å²) in [6, 6.07) is 9.72. The van der Waals surface area contributed by atoms with Crippen molar-refractivity contribution in [2.75, 3.05) is 47.0 Å². The first-order valence-electron chi connectivity index (χ1n) is 12.3. The number of nitrogens with zero attached hydrogens (tertiary/aromatic N) is 2. The van der Waals surface area contributed by atoms with Crippen LogP contribution in [-0.4, -0.2) is 73.6 Å². The highest BCUT2D eigenvalue weighted by Gasteiger charge is 2.46. The quantitative estimate of drug-likeness (QED) is 0.284. The standard InChI is InChI=1S/C28H36N2O6/c1-7-29(8-2)14-15-30-25(19-10-13-22(34-5)23(17-19)35-6)24(27(32)28(30)33)26(31)20-11-12-21(36-9-3)18(4)16-20/h10-13,16-17,25,31H,7-9,14-15H2,1-6H3/b26-24-. The van der Waals surface area contributed by atoms with Crippen LogP contribution < -0.4 is 14.2 Å². The lowest BCUT2D eigenvalue weighted by Crippen LogP contribution is -2.38. The average molecular weight is 497 g/mol. The van der Waals surface area contributed by atoms with Crippen LogP contribution in [0, 0.1) is 6.92 Å². The summed E-state index contributed by atoms with van der Waals surface area (Å²) in [5.74, 6) is 0.143. The molecule has 0 aliphatic carbocycles. The molecule has 1 atom stereocenters. The molecule has 1 fully saturated rings. The monoisotopic (exact) mass is 496 g/mol. The molecular weight excluding hydrogens is 460 g/mol. The van der Waals surface area contributed by atoms with Gasteiger partial charge in [-0.05, 0) is 68.4 Å². The minimum Gasteiger partial charge on any atom is -0.507 e. The van der Waals surface area contributed by atoms with Crippen molar-refractivity contribution in [3.63, 3.8) is 0 Å². The van der Waals surface area contributed by atoms with Gasteiger partial charge in [-0.3, -0.25) is 9.59 Å². The predicted molar refractivity (Wildman–Crippen MR) is 139 cm³/mol. The number of ketones is 1. The maximum absolute atomic E-state index is 13.3. The molecule has 1 saturated heterocycles. The van der Waals surface area contributed by atoms with Gasteiger partial charge in [-0.2, -0.15) is 0 Å². The Morgan fingerprint density at radius 1 is 0.972 bits per heavy atom. The SMILES string of the molecule is CCOc1ccc(/C(O)=C2/C(=O)C(=O)N(CCN(CC)CC)C2c2ccc(OC)c(OC)c2)cc1C. The van der Waals surface area contributed by atoms with Gasteiger partial charge in [-0.15, -0.1) is 0 Å². The number of likely N-dealkylation sites (tertiary alicyclic amines) is 1. The molecule has 3 rings (SSSR count). The number of aliphatic hydroxyl groups excluding tert-OH is 1. The van der Waals surface area contributed by atoms with Crippen LogP contribution in [0.1, 0.15) is 43.5 Å². The van der Waals surface area contributed by atoms with Crippen LogP contribution in [0.2, 0.25) is 0 Å². The van der Waals surface area contributed by atoms with E-state index in [4.69, 9.17) is 14.2 Å². The van der Waals surface area contributed by atoms with Crippen molar-refractivity contribution in [3.8, 4) is 17.2 Å². The number of carbonyl (C=O) groups is 2. The normalized spacial score (nSPS) is 17.1. The molecule has 2 aromatic carbocycles. The molecule has 1 unspecified atom stereocenters. The van der Waals surface area contributed by atoms with Crippen molar-refractivity contribution in [3.05, 3.63) is 58.7 Å². The lowest BCUT2D eigenvalue weighted by molar-refractivity contribution is -0.140. The first-order chi connectivity index (χ1) is 17.3. The number of rotatable bonds is 11. The molecular formula is C28H36N2O6. The molecule has 36 heavy (non-hydrogen) atoms. The minimum atomic E-state index is -0.771. The number of Topliss-reactive ketones (excluding diaryl/α,β-unsaturated/α-hetero) is 1. The van der Waals surface area contributed by atoms with E-state index in [1.54, 1.807) is 43.5 Å². The van der Waals surface area contributed by atoms with Crippen molar-refractivity contribution >= 4 is 17.4 Å². The van der Waals surface area contributed by atoms with Gasteiger partial charge in [0, 0.05) is 18.7 Å². The molecule has 8 nitrogen and oxygen atoms in total. The summed E-state index contributed by atoms with van der Waals surface area (Å²) in [6.07, 6.45) is 0. The lowest BCUT2D eigenvalue weighted by atomic mass is 9.94. The van der Waals surface area contributed by atoms with Crippen LogP contribution in [0.4, 0.5) is 0 Å². The highest BCUT2D eigenvalue weighted by Crippen LogP contribution is 2.42. The number of benzene rings is 2. The number of likely N-dealkylation sites (N-methyl/N-ethyl adjacent to an activating group) is 1. The number of amides is 1. The zero-order chi connectivity index (χ0) is 26.4. The third-order valence-electron chi connectivity index (χ3n) is 6.56. The zero-order valence-electron chi connectivity index (χ0n) is 22.0. The Morgan fingerprint density at radius 2 is 1.64 bits per heavy atom. The van der Waals surface area contributed by atoms with Crippen LogP contribution >= 0.6 is 0 Å².